The summed E-state index contributed by atoms with van der Waals surface area (Å²) in [5, 5.41) is 1.86. The monoisotopic (exact) mass is 470 g/mol. The van der Waals surface area contributed by atoms with E-state index in [-0.39, 0.29) is 24.4 Å². The number of ether oxygens (including phenoxy) is 2. The van der Waals surface area contributed by atoms with Crippen LogP contribution in [0.15, 0.2) is 58.5 Å². The van der Waals surface area contributed by atoms with E-state index in [0.29, 0.717) is 41.6 Å². The minimum absolute atomic E-state index is 0.00103. The second-order valence-corrected chi connectivity index (χ2v) is 8.79. The van der Waals surface area contributed by atoms with Crippen LogP contribution in [0.1, 0.15) is 34.8 Å². The fourth-order valence-electron chi connectivity index (χ4n) is 3.46. The number of rotatable bonds is 11. The lowest BCUT2D eigenvalue weighted by Crippen LogP contribution is -2.46. The van der Waals surface area contributed by atoms with Crippen LogP contribution in [0, 0.1) is 0 Å². The van der Waals surface area contributed by atoms with Crippen molar-refractivity contribution < 1.29 is 23.5 Å². The first-order valence-electron chi connectivity index (χ1n) is 10.8. The lowest BCUT2D eigenvalue weighted by molar-refractivity contribution is -0.133. The zero-order chi connectivity index (χ0) is 23.8. The standard InChI is InChI=1S/C25H30N2O5S/c1-18(2)27(25(29)23-8-6-14-33-23)17-24(28)26(16-20-7-5-13-32-20)12-11-19-9-10-21(30-3)22(15-19)31-4/h5-10,13-15,18H,11-12,16-17H2,1-4H3. The zero-order valence-corrected chi connectivity index (χ0v) is 20.3. The highest BCUT2D eigenvalue weighted by atomic mass is 32.1. The Morgan fingerprint density at radius 2 is 1.85 bits per heavy atom. The molecule has 0 aliphatic rings. The van der Waals surface area contributed by atoms with Crippen molar-refractivity contribution in [1.29, 1.82) is 0 Å². The molecule has 2 amide bonds. The summed E-state index contributed by atoms with van der Waals surface area (Å²) in [5.41, 5.74) is 1.01. The van der Waals surface area contributed by atoms with Gasteiger partial charge in [-0.15, -0.1) is 11.3 Å². The van der Waals surface area contributed by atoms with Gasteiger partial charge in [0.15, 0.2) is 11.5 Å². The van der Waals surface area contributed by atoms with Crippen LogP contribution in [0.4, 0.5) is 0 Å². The van der Waals surface area contributed by atoms with Crippen molar-refractivity contribution in [3.05, 3.63) is 70.3 Å². The summed E-state index contributed by atoms with van der Waals surface area (Å²) in [6.45, 7) is 4.63. The van der Waals surface area contributed by atoms with Gasteiger partial charge in [-0.1, -0.05) is 12.1 Å². The van der Waals surface area contributed by atoms with Crippen molar-refractivity contribution >= 4 is 23.2 Å². The number of amides is 2. The number of carbonyl (C=O) groups excluding carboxylic acids is 2. The number of benzene rings is 1. The molecular formula is C25H30N2O5S. The first-order chi connectivity index (χ1) is 15.9. The molecule has 0 aliphatic heterocycles. The van der Waals surface area contributed by atoms with Crippen LogP contribution in [-0.2, 0) is 17.8 Å². The van der Waals surface area contributed by atoms with Crippen LogP contribution in [0.5, 0.6) is 11.5 Å². The van der Waals surface area contributed by atoms with Gasteiger partial charge in [-0.05, 0) is 61.5 Å². The minimum atomic E-state index is -0.134. The second kappa shape index (κ2) is 11.6. The number of hydrogen-bond donors (Lipinski definition) is 0. The smallest absolute Gasteiger partial charge is 0.264 e. The van der Waals surface area contributed by atoms with Gasteiger partial charge in [0.2, 0.25) is 5.91 Å². The maximum absolute atomic E-state index is 13.4. The molecule has 0 unspecified atom stereocenters. The molecule has 2 heterocycles. The number of nitrogens with zero attached hydrogens (tertiary/aromatic N) is 2. The third kappa shape index (κ3) is 6.38. The van der Waals surface area contributed by atoms with E-state index in [1.165, 1.54) is 11.3 Å². The van der Waals surface area contributed by atoms with Gasteiger partial charge >= 0.3 is 0 Å². The van der Waals surface area contributed by atoms with Gasteiger partial charge in [0.05, 0.1) is 31.9 Å². The second-order valence-electron chi connectivity index (χ2n) is 7.84. The van der Waals surface area contributed by atoms with Crippen LogP contribution in [0.2, 0.25) is 0 Å². The fraction of sp³-hybridized carbons (Fsp3) is 0.360. The Hall–Kier alpha value is -3.26. The molecule has 3 rings (SSSR count). The van der Waals surface area contributed by atoms with Gasteiger partial charge in [0, 0.05) is 12.6 Å². The molecule has 33 heavy (non-hydrogen) atoms. The molecule has 3 aromatic rings. The Bertz CT molecular complexity index is 1030. The van der Waals surface area contributed by atoms with Crippen molar-refractivity contribution in [2.24, 2.45) is 0 Å². The molecule has 0 fully saturated rings. The summed E-state index contributed by atoms with van der Waals surface area (Å²) < 4.78 is 16.2. The quantitative estimate of drug-likeness (QED) is 0.413. The summed E-state index contributed by atoms with van der Waals surface area (Å²) in [6.07, 6.45) is 2.21. The molecule has 176 valence electrons. The lowest BCUT2D eigenvalue weighted by atomic mass is 10.1. The van der Waals surface area contributed by atoms with Crippen molar-refractivity contribution in [1.82, 2.24) is 9.80 Å². The van der Waals surface area contributed by atoms with Crippen LogP contribution >= 0.6 is 11.3 Å². The Balaban J connectivity index is 1.75. The molecule has 0 N–H and O–H groups in total. The molecule has 2 aromatic heterocycles. The van der Waals surface area contributed by atoms with E-state index >= 15 is 0 Å². The Morgan fingerprint density at radius 3 is 2.45 bits per heavy atom. The van der Waals surface area contributed by atoms with Crippen LogP contribution in [-0.4, -0.2) is 55.0 Å². The average molecular weight is 471 g/mol. The molecule has 0 saturated carbocycles. The van der Waals surface area contributed by atoms with Crippen molar-refractivity contribution in [2.75, 3.05) is 27.3 Å². The van der Waals surface area contributed by atoms with E-state index in [1.54, 1.807) is 42.4 Å². The molecular weight excluding hydrogens is 440 g/mol. The molecule has 0 saturated heterocycles. The highest BCUT2D eigenvalue weighted by Crippen LogP contribution is 2.28. The molecule has 7 nitrogen and oxygen atoms in total. The van der Waals surface area contributed by atoms with E-state index in [2.05, 4.69) is 0 Å². The molecule has 0 radical (unpaired) electrons. The van der Waals surface area contributed by atoms with Crippen molar-refractivity contribution in [2.45, 2.75) is 32.9 Å². The van der Waals surface area contributed by atoms with Gasteiger partial charge in [-0.2, -0.15) is 0 Å². The normalized spacial score (nSPS) is 10.8. The third-order valence-corrected chi connectivity index (χ3v) is 6.18. The summed E-state index contributed by atoms with van der Waals surface area (Å²) in [5.74, 6) is 1.73. The summed E-state index contributed by atoms with van der Waals surface area (Å²) in [6, 6.07) is 12.9. The number of carbonyl (C=O) groups is 2. The topological polar surface area (TPSA) is 72.2 Å². The largest absolute Gasteiger partial charge is 0.493 e. The summed E-state index contributed by atoms with van der Waals surface area (Å²) >= 11 is 1.38. The van der Waals surface area contributed by atoms with Crippen molar-refractivity contribution in [3.63, 3.8) is 0 Å². The number of hydrogen-bond acceptors (Lipinski definition) is 6. The first-order valence-corrected chi connectivity index (χ1v) is 11.7. The maximum atomic E-state index is 13.4. The molecule has 0 spiro atoms. The lowest BCUT2D eigenvalue weighted by Gasteiger charge is -2.29. The summed E-state index contributed by atoms with van der Waals surface area (Å²) in [7, 11) is 3.19. The predicted octanol–water partition coefficient (Wildman–Crippen LogP) is 4.48. The van der Waals surface area contributed by atoms with E-state index < -0.39 is 0 Å². The van der Waals surface area contributed by atoms with Crippen LogP contribution < -0.4 is 9.47 Å². The van der Waals surface area contributed by atoms with E-state index in [0.717, 1.165) is 5.56 Å². The Labute approximate surface area is 198 Å². The summed E-state index contributed by atoms with van der Waals surface area (Å²) in [4.78, 5) is 30.3. The van der Waals surface area contributed by atoms with Gasteiger partial charge < -0.3 is 23.7 Å². The third-order valence-electron chi connectivity index (χ3n) is 5.32. The molecule has 1 aromatic carbocycles. The predicted molar refractivity (Wildman–Crippen MR) is 128 cm³/mol. The fourth-order valence-corrected chi connectivity index (χ4v) is 4.14. The highest BCUT2D eigenvalue weighted by Gasteiger charge is 2.25. The van der Waals surface area contributed by atoms with Gasteiger partial charge in [0.25, 0.3) is 5.91 Å². The highest BCUT2D eigenvalue weighted by molar-refractivity contribution is 7.12. The number of furan rings is 1. The Kier molecular flexibility index (Phi) is 8.54. The average Bonchev–Trinajstić information content (AvgIpc) is 3.53. The maximum Gasteiger partial charge on any atom is 0.264 e. The van der Waals surface area contributed by atoms with Crippen LogP contribution in [0.3, 0.4) is 0 Å². The first kappa shape index (κ1) is 24.4. The molecule has 0 atom stereocenters. The van der Waals surface area contributed by atoms with E-state index in [1.807, 2.05) is 49.6 Å². The van der Waals surface area contributed by atoms with E-state index in [9.17, 15) is 9.59 Å². The van der Waals surface area contributed by atoms with Gasteiger partial charge in [0.1, 0.15) is 12.3 Å². The minimum Gasteiger partial charge on any atom is -0.493 e. The van der Waals surface area contributed by atoms with Crippen molar-refractivity contribution in [3.8, 4) is 11.5 Å². The van der Waals surface area contributed by atoms with Gasteiger partial charge in [-0.25, -0.2) is 0 Å². The Morgan fingerprint density at radius 1 is 1.06 bits per heavy atom. The zero-order valence-electron chi connectivity index (χ0n) is 19.4. The number of thiophene rings is 1. The SMILES string of the molecule is COc1ccc(CCN(Cc2ccco2)C(=O)CN(C(=O)c2cccs2)C(C)C)cc1OC. The molecule has 8 heteroatoms. The molecule has 0 aliphatic carbocycles. The van der Waals surface area contributed by atoms with Crippen LogP contribution in [0.25, 0.3) is 0 Å². The van der Waals surface area contributed by atoms with Gasteiger partial charge in [-0.3, -0.25) is 9.59 Å². The van der Waals surface area contributed by atoms with E-state index in [4.69, 9.17) is 13.9 Å². The molecule has 0 bridgehead atoms. The number of methoxy groups -OCH3 is 2.